The van der Waals surface area contributed by atoms with E-state index in [1.54, 1.807) is 19.5 Å². The van der Waals surface area contributed by atoms with E-state index in [0.717, 1.165) is 5.56 Å². The van der Waals surface area contributed by atoms with Crippen molar-refractivity contribution in [3.63, 3.8) is 0 Å². The molecular formula is C11H20N2O2. The minimum Gasteiger partial charge on any atom is -0.472 e. The smallest absolute Gasteiger partial charge is 0.0950 e. The summed E-state index contributed by atoms with van der Waals surface area (Å²) in [5.41, 5.74) is 6.73. The third-order valence-corrected chi connectivity index (χ3v) is 2.36. The largest absolute Gasteiger partial charge is 0.472 e. The second kappa shape index (κ2) is 5.90. The zero-order chi connectivity index (χ0) is 11.3. The Morgan fingerprint density at radius 1 is 1.53 bits per heavy atom. The molecule has 0 saturated carbocycles. The van der Waals surface area contributed by atoms with Crippen molar-refractivity contribution in [2.45, 2.75) is 38.5 Å². The van der Waals surface area contributed by atoms with Crippen molar-refractivity contribution in [3.05, 3.63) is 24.2 Å². The molecule has 3 unspecified atom stereocenters. The Hall–Kier alpha value is -0.840. The van der Waals surface area contributed by atoms with Gasteiger partial charge in [-0.25, -0.2) is 0 Å². The van der Waals surface area contributed by atoms with Gasteiger partial charge in [-0.05, 0) is 26.3 Å². The van der Waals surface area contributed by atoms with Crippen LogP contribution >= 0.6 is 0 Å². The van der Waals surface area contributed by atoms with Gasteiger partial charge in [0.25, 0.3) is 0 Å². The van der Waals surface area contributed by atoms with Crippen LogP contribution in [0.25, 0.3) is 0 Å². The van der Waals surface area contributed by atoms with E-state index in [0.29, 0.717) is 13.0 Å². The average molecular weight is 212 g/mol. The lowest BCUT2D eigenvalue weighted by Gasteiger charge is -2.22. The van der Waals surface area contributed by atoms with E-state index in [1.165, 1.54) is 0 Å². The van der Waals surface area contributed by atoms with Crippen molar-refractivity contribution >= 4 is 0 Å². The third kappa shape index (κ3) is 4.03. The van der Waals surface area contributed by atoms with E-state index in [-0.39, 0.29) is 18.2 Å². The second-order valence-corrected chi connectivity index (χ2v) is 4.00. The molecule has 4 N–H and O–H groups in total. The summed E-state index contributed by atoms with van der Waals surface area (Å²) in [6.45, 7) is 4.34. The maximum absolute atomic E-state index is 9.25. The molecule has 1 rings (SSSR count). The lowest BCUT2D eigenvalue weighted by molar-refractivity contribution is 0.168. The van der Waals surface area contributed by atoms with Gasteiger partial charge in [-0.2, -0.15) is 0 Å². The van der Waals surface area contributed by atoms with Crippen molar-refractivity contribution < 1.29 is 9.52 Å². The molecular weight excluding hydrogens is 192 g/mol. The van der Waals surface area contributed by atoms with E-state index >= 15 is 0 Å². The van der Waals surface area contributed by atoms with Crippen molar-refractivity contribution in [2.24, 2.45) is 5.73 Å². The van der Waals surface area contributed by atoms with Gasteiger partial charge in [-0.15, -0.1) is 0 Å². The molecule has 0 radical (unpaired) electrons. The van der Waals surface area contributed by atoms with E-state index in [2.05, 4.69) is 5.32 Å². The van der Waals surface area contributed by atoms with E-state index in [1.807, 2.05) is 13.0 Å². The number of hydrogen-bond donors (Lipinski definition) is 3. The molecule has 1 aromatic rings. The molecule has 0 amide bonds. The van der Waals surface area contributed by atoms with Gasteiger partial charge in [-0.3, -0.25) is 0 Å². The van der Waals surface area contributed by atoms with Crippen LogP contribution in [0.15, 0.2) is 23.0 Å². The summed E-state index contributed by atoms with van der Waals surface area (Å²) >= 11 is 0. The van der Waals surface area contributed by atoms with Gasteiger partial charge >= 0.3 is 0 Å². The quantitative estimate of drug-likeness (QED) is 0.658. The predicted molar refractivity (Wildman–Crippen MR) is 59.4 cm³/mol. The van der Waals surface area contributed by atoms with Gasteiger partial charge in [0.05, 0.1) is 18.6 Å². The molecule has 0 fully saturated rings. The Balaban J connectivity index is 2.47. The van der Waals surface area contributed by atoms with Crippen molar-refractivity contribution in [2.75, 3.05) is 6.54 Å². The summed E-state index contributed by atoms with van der Waals surface area (Å²) in [6.07, 6.45) is 3.75. The number of aliphatic hydroxyl groups is 1. The van der Waals surface area contributed by atoms with Gasteiger partial charge in [-0.1, -0.05) is 0 Å². The van der Waals surface area contributed by atoms with Crippen LogP contribution in [0.4, 0.5) is 0 Å². The Bertz CT molecular complexity index is 260. The molecule has 1 aromatic heterocycles. The molecule has 0 saturated heterocycles. The fraction of sp³-hybridized carbons (Fsp3) is 0.636. The first-order chi connectivity index (χ1) is 7.13. The van der Waals surface area contributed by atoms with Crippen LogP contribution < -0.4 is 11.1 Å². The first-order valence-electron chi connectivity index (χ1n) is 5.29. The zero-order valence-corrected chi connectivity index (χ0v) is 9.31. The van der Waals surface area contributed by atoms with Gasteiger partial charge < -0.3 is 20.6 Å². The number of aliphatic hydroxyl groups excluding tert-OH is 1. The Morgan fingerprint density at radius 3 is 2.73 bits per heavy atom. The molecule has 0 aliphatic rings. The van der Waals surface area contributed by atoms with Crippen LogP contribution in [-0.4, -0.2) is 23.8 Å². The van der Waals surface area contributed by atoms with Gasteiger partial charge in [0, 0.05) is 24.2 Å². The molecule has 1 heterocycles. The minimum absolute atomic E-state index is 0.0949. The lowest BCUT2D eigenvalue weighted by Crippen LogP contribution is -2.36. The maximum Gasteiger partial charge on any atom is 0.0950 e. The van der Waals surface area contributed by atoms with Gasteiger partial charge in [0.2, 0.25) is 0 Å². The molecule has 3 atom stereocenters. The average Bonchev–Trinajstić information content (AvgIpc) is 2.65. The highest BCUT2D eigenvalue weighted by atomic mass is 16.3. The van der Waals surface area contributed by atoms with Gasteiger partial charge in [0.1, 0.15) is 0 Å². The number of hydrogen-bond acceptors (Lipinski definition) is 4. The number of nitrogens with one attached hydrogen (secondary N) is 1. The topological polar surface area (TPSA) is 71.4 Å². The number of rotatable bonds is 6. The van der Waals surface area contributed by atoms with Crippen LogP contribution in [0, 0.1) is 0 Å². The molecule has 86 valence electrons. The summed E-state index contributed by atoms with van der Waals surface area (Å²) in [6, 6.07) is 2.23. The van der Waals surface area contributed by atoms with Crippen molar-refractivity contribution in [3.8, 4) is 0 Å². The fourth-order valence-corrected chi connectivity index (χ4v) is 1.70. The van der Waals surface area contributed by atoms with E-state index in [9.17, 15) is 5.11 Å². The van der Waals surface area contributed by atoms with Crippen LogP contribution in [0.2, 0.25) is 0 Å². The van der Waals surface area contributed by atoms with Crippen LogP contribution in [0.1, 0.15) is 31.9 Å². The maximum atomic E-state index is 9.25. The molecule has 0 aliphatic heterocycles. The van der Waals surface area contributed by atoms with Gasteiger partial charge in [0.15, 0.2) is 0 Å². The normalized spacial score (nSPS) is 17.3. The van der Waals surface area contributed by atoms with Crippen LogP contribution in [0.3, 0.4) is 0 Å². The third-order valence-electron chi connectivity index (χ3n) is 2.36. The summed E-state index contributed by atoms with van der Waals surface area (Å²) in [4.78, 5) is 0. The molecule has 15 heavy (non-hydrogen) atoms. The first-order valence-corrected chi connectivity index (χ1v) is 5.29. The fourth-order valence-electron chi connectivity index (χ4n) is 1.70. The predicted octanol–water partition coefficient (Wildman–Crippen LogP) is 1.03. The van der Waals surface area contributed by atoms with Crippen molar-refractivity contribution in [1.29, 1.82) is 0 Å². The minimum atomic E-state index is -0.296. The Labute approximate surface area is 90.5 Å². The Kier molecular flexibility index (Phi) is 4.81. The summed E-state index contributed by atoms with van der Waals surface area (Å²) in [5.74, 6) is 0. The standard InChI is InChI=1S/C11H20N2O2/c1-8(5-9(2)14)13-11(6-12)10-3-4-15-7-10/h3-4,7-9,11,13-14H,5-6,12H2,1-2H3. The summed E-state index contributed by atoms with van der Waals surface area (Å²) in [5, 5.41) is 12.6. The second-order valence-electron chi connectivity index (χ2n) is 4.00. The highest BCUT2D eigenvalue weighted by Gasteiger charge is 2.14. The van der Waals surface area contributed by atoms with Crippen LogP contribution in [0.5, 0.6) is 0 Å². The number of furan rings is 1. The molecule has 4 heteroatoms. The monoisotopic (exact) mass is 212 g/mol. The highest BCUT2D eigenvalue weighted by Crippen LogP contribution is 2.13. The molecule has 0 spiro atoms. The zero-order valence-electron chi connectivity index (χ0n) is 9.31. The highest BCUT2D eigenvalue weighted by molar-refractivity contribution is 5.12. The summed E-state index contributed by atoms with van der Waals surface area (Å²) < 4.78 is 5.02. The van der Waals surface area contributed by atoms with E-state index in [4.69, 9.17) is 10.2 Å². The Morgan fingerprint density at radius 2 is 2.27 bits per heavy atom. The molecule has 0 bridgehead atoms. The summed E-state index contributed by atoms with van der Waals surface area (Å²) in [7, 11) is 0. The number of nitrogens with two attached hydrogens (primary N) is 1. The van der Waals surface area contributed by atoms with Crippen molar-refractivity contribution in [1.82, 2.24) is 5.32 Å². The first kappa shape index (κ1) is 12.2. The van der Waals surface area contributed by atoms with E-state index < -0.39 is 0 Å². The lowest BCUT2D eigenvalue weighted by atomic mass is 10.1. The SMILES string of the molecule is CC(O)CC(C)NC(CN)c1ccoc1. The molecule has 4 nitrogen and oxygen atoms in total. The molecule has 0 aromatic carbocycles. The van der Waals surface area contributed by atoms with Crippen LogP contribution in [-0.2, 0) is 0 Å². The molecule has 0 aliphatic carbocycles.